The van der Waals surface area contributed by atoms with Crippen LogP contribution in [0.5, 0.6) is 0 Å². The molecule has 0 aromatic carbocycles. The van der Waals surface area contributed by atoms with E-state index in [4.69, 9.17) is 9.69 Å². The summed E-state index contributed by atoms with van der Waals surface area (Å²) in [6, 6.07) is 6.07. The molecule has 1 atom stereocenters. The molecule has 4 heteroatoms. The summed E-state index contributed by atoms with van der Waals surface area (Å²) in [5, 5.41) is 10.9. The fourth-order valence-corrected chi connectivity index (χ4v) is 2.61. The second kappa shape index (κ2) is 4.05. The van der Waals surface area contributed by atoms with Crippen LogP contribution in [-0.4, -0.2) is 8.32 Å². The number of hydrogen-bond donors (Lipinski definition) is 0. The van der Waals surface area contributed by atoms with E-state index in [1.807, 2.05) is 17.5 Å². The highest BCUT2D eigenvalue weighted by molar-refractivity contribution is 7.10. The predicted octanol–water partition coefficient (Wildman–Crippen LogP) is 3.16. The summed E-state index contributed by atoms with van der Waals surface area (Å²) in [6.07, 6.45) is -0.369. The van der Waals surface area contributed by atoms with Crippen LogP contribution in [-0.2, 0) is 4.43 Å². The molecule has 2 nitrogen and oxygen atoms in total. The van der Waals surface area contributed by atoms with Crippen LogP contribution in [0.4, 0.5) is 0 Å². The molecule has 0 fully saturated rings. The van der Waals surface area contributed by atoms with E-state index in [1.165, 1.54) is 0 Å². The topological polar surface area (TPSA) is 33.0 Å². The van der Waals surface area contributed by atoms with Crippen LogP contribution in [0, 0.1) is 11.3 Å². The molecule has 13 heavy (non-hydrogen) atoms. The van der Waals surface area contributed by atoms with Crippen molar-refractivity contribution in [2.75, 3.05) is 0 Å². The van der Waals surface area contributed by atoms with Crippen LogP contribution in [0.1, 0.15) is 11.0 Å². The Labute approximate surface area is 83.9 Å². The van der Waals surface area contributed by atoms with E-state index in [0.717, 1.165) is 4.88 Å². The summed E-state index contributed by atoms with van der Waals surface area (Å²) < 4.78 is 5.72. The van der Waals surface area contributed by atoms with E-state index in [9.17, 15) is 0 Å². The van der Waals surface area contributed by atoms with Crippen molar-refractivity contribution < 1.29 is 4.43 Å². The predicted molar refractivity (Wildman–Crippen MR) is 57.1 cm³/mol. The Morgan fingerprint density at radius 2 is 2.23 bits per heavy atom. The molecule has 0 aliphatic rings. The van der Waals surface area contributed by atoms with Crippen LogP contribution in [0.15, 0.2) is 17.5 Å². The molecular weight excluding hydrogens is 198 g/mol. The van der Waals surface area contributed by atoms with Gasteiger partial charge in [-0.3, -0.25) is 0 Å². The maximum atomic E-state index is 8.92. The zero-order valence-corrected chi connectivity index (χ0v) is 9.89. The van der Waals surface area contributed by atoms with Gasteiger partial charge in [-0.15, -0.1) is 11.3 Å². The van der Waals surface area contributed by atoms with E-state index < -0.39 is 8.32 Å². The molecule has 1 heterocycles. The standard InChI is InChI=1S/C9H13NOSSi/c1-13(2,3)11-8(7-10)9-5-4-6-12-9/h4-6,8H,1-3H3/t8-/m1/s1. The van der Waals surface area contributed by atoms with Gasteiger partial charge in [-0.2, -0.15) is 5.26 Å². The lowest BCUT2D eigenvalue weighted by Gasteiger charge is -2.20. The molecule has 0 saturated heterocycles. The van der Waals surface area contributed by atoms with Crippen LogP contribution >= 0.6 is 11.3 Å². The van der Waals surface area contributed by atoms with Gasteiger partial charge in [0, 0.05) is 4.88 Å². The molecule has 0 radical (unpaired) electrons. The Hall–Kier alpha value is -0.633. The second-order valence-corrected chi connectivity index (χ2v) is 9.19. The summed E-state index contributed by atoms with van der Waals surface area (Å²) in [7, 11) is -1.61. The largest absolute Gasteiger partial charge is 0.398 e. The van der Waals surface area contributed by atoms with Gasteiger partial charge in [0.25, 0.3) is 0 Å². The number of hydrogen-bond acceptors (Lipinski definition) is 3. The molecule has 0 saturated carbocycles. The average molecular weight is 211 g/mol. The van der Waals surface area contributed by atoms with Crippen LogP contribution in [0.25, 0.3) is 0 Å². The Morgan fingerprint density at radius 3 is 2.62 bits per heavy atom. The summed E-state index contributed by atoms with van der Waals surface area (Å²) in [4.78, 5) is 1.00. The zero-order chi connectivity index (χ0) is 9.90. The van der Waals surface area contributed by atoms with Gasteiger partial charge in [-0.25, -0.2) is 0 Å². The highest BCUT2D eigenvalue weighted by Gasteiger charge is 2.22. The van der Waals surface area contributed by atoms with Crippen LogP contribution in [0.3, 0.4) is 0 Å². The molecule has 0 aliphatic carbocycles. The van der Waals surface area contributed by atoms with Gasteiger partial charge in [-0.1, -0.05) is 6.07 Å². The summed E-state index contributed by atoms with van der Waals surface area (Å²) in [6.45, 7) is 6.26. The van der Waals surface area contributed by atoms with E-state index >= 15 is 0 Å². The van der Waals surface area contributed by atoms with Gasteiger partial charge in [0.15, 0.2) is 14.4 Å². The van der Waals surface area contributed by atoms with Crippen molar-refractivity contribution in [2.45, 2.75) is 25.7 Å². The second-order valence-electron chi connectivity index (χ2n) is 3.75. The fraction of sp³-hybridized carbons (Fsp3) is 0.444. The van der Waals surface area contributed by atoms with Crippen molar-refractivity contribution in [3.63, 3.8) is 0 Å². The molecule has 1 aromatic rings. The summed E-state index contributed by atoms with van der Waals surface area (Å²) in [5.74, 6) is 0. The Bertz CT molecular complexity index is 296. The number of rotatable bonds is 3. The minimum Gasteiger partial charge on any atom is -0.398 e. The first kappa shape index (κ1) is 10.4. The maximum absolute atomic E-state index is 8.92. The first-order valence-electron chi connectivity index (χ1n) is 4.14. The van der Waals surface area contributed by atoms with Crippen molar-refractivity contribution in [1.29, 1.82) is 5.26 Å². The third-order valence-electron chi connectivity index (χ3n) is 1.39. The minimum atomic E-state index is -1.61. The van der Waals surface area contributed by atoms with Crippen LogP contribution in [0.2, 0.25) is 19.6 Å². The maximum Gasteiger partial charge on any atom is 0.186 e. The molecule has 0 amide bonds. The molecule has 0 spiro atoms. The Kier molecular flexibility index (Phi) is 3.26. The molecule has 0 aliphatic heterocycles. The number of nitrogens with zero attached hydrogens (tertiary/aromatic N) is 1. The van der Waals surface area contributed by atoms with Crippen molar-refractivity contribution in [3.8, 4) is 6.07 Å². The van der Waals surface area contributed by atoms with Crippen LogP contribution < -0.4 is 0 Å². The third kappa shape index (κ3) is 3.31. The average Bonchev–Trinajstić information content (AvgIpc) is 2.50. The van der Waals surface area contributed by atoms with Gasteiger partial charge in [-0.05, 0) is 31.1 Å². The van der Waals surface area contributed by atoms with Gasteiger partial charge >= 0.3 is 0 Å². The zero-order valence-electron chi connectivity index (χ0n) is 8.07. The number of nitriles is 1. The molecule has 0 N–H and O–H groups in total. The highest BCUT2D eigenvalue weighted by Crippen LogP contribution is 2.25. The lowest BCUT2D eigenvalue weighted by atomic mass is 10.3. The van der Waals surface area contributed by atoms with Gasteiger partial charge in [0.2, 0.25) is 0 Å². The van der Waals surface area contributed by atoms with Crippen molar-refractivity contribution in [1.82, 2.24) is 0 Å². The van der Waals surface area contributed by atoms with Crippen molar-refractivity contribution in [3.05, 3.63) is 22.4 Å². The third-order valence-corrected chi connectivity index (χ3v) is 3.25. The first-order valence-corrected chi connectivity index (χ1v) is 8.42. The lowest BCUT2D eigenvalue weighted by Crippen LogP contribution is -2.27. The normalized spacial score (nSPS) is 13.7. The van der Waals surface area contributed by atoms with Crippen molar-refractivity contribution in [2.24, 2.45) is 0 Å². The highest BCUT2D eigenvalue weighted by atomic mass is 32.1. The molecule has 1 rings (SSSR count). The Balaban J connectivity index is 2.72. The lowest BCUT2D eigenvalue weighted by molar-refractivity contribution is 0.259. The van der Waals surface area contributed by atoms with Crippen molar-refractivity contribution >= 4 is 19.7 Å². The molecular formula is C9H13NOSSi. The minimum absolute atomic E-state index is 0.369. The molecule has 0 unspecified atom stereocenters. The van der Waals surface area contributed by atoms with E-state index in [1.54, 1.807) is 11.3 Å². The molecule has 1 aromatic heterocycles. The quantitative estimate of drug-likeness (QED) is 0.719. The van der Waals surface area contributed by atoms with E-state index in [2.05, 4.69) is 25.7 Å². The van der Waals surface area contributed by atoms with Gasteiger partial charge in [0.05, 0.1) is 6.07 Å². The molecule has 0 bridgehead atoms. The number of thiophene rings is 1. The van der Waals surface area contributed by atoms with E-state index in [-0.39, 0.29) is 6.10 Å². The SMILES string of the molecule is C[Si](C)(C)O[C@H](C#N)c1cccs1. The van der Waals surface area contributed by atoms with Gasteiger partial charge < -0.3 is 4.43 Å². The van der Waals surface area contributed by atoms with Gasteiger partial charge in [0.1, 0.15) is 0 Å². The monoisotopic (exact) mass is 211 g/mol. The summed E-state index contributed by atoms with van der Waals surface area (Å²) >= 11 is 1.57. The first-order chi connectivity index (χ1) is 6.03. The Morgan fingerprint density at radius 1 is 1.54 bits per heavy atom. The smallest absolute Gasteiger partial charge is 0.186 e. The van der Waals surface area contributed by atoms with E-state index in [0.29, 0.717) is 0 Å². The fourth-order valence-electron chi connectivity index (χ4n) is 0.942. The molecule has 70 valence electrons. The summed E-state index contributed by atoms with van der Waals surface area (Å²) in [5.41, 5.74) is 0.